The number of alkyl halides is 1. The highest BCUT2D eigenvalue weighted by Crippen LogP contribution is 2.29. The molecule has 1 aliphatic carbocycles. The Balaban J connectivity index is 2.69. The molecule has 0 radical (unpaired) electrons. The second-order valence-electron chi connectivity index (χ2n) is 2.40. The van der Waals surface area contributed by atoms with Gasteiger partial charge in [-0.15, -0.1) is 4.39 Å². The second-order valence-corrected chi connectivity index (χ2v) is 2.40. The van der Waals surface area contributed by atoms with Gasteiger partial charge in [-0.25, -0.2) is 4.39 Å². The van der Waals surface area contributed by atoms with Gasteiger partial charge in [0.15, 0.2) is 5.67 Å². The number of carbonyl (C=O) groups excluding carboxylic acids is 1. The van der Waals surface area contributed by atoms with Crippen LogP contribution >= 0.6 is 0 Å². The summed E-state index contributed by atoms with van der Waals surface area (Å²) < 4.78 is 24.2. The summed E-state index contributed by atoms with van der Waals surface area (Å²) in [7, 11) is 0. The van der Waals surface area contributed by atoms with Crippen LogP contribution in [0.5, 0.6) is 0 Å². The van der Waals surface area contributed by atoms with E-state index < -0.39 is 5.67 Å². The Kier molecular flexibility index (Phi) is 1.71. The van der Waals surface area contributed by atoms with Gasteiger partial charge in [-0.3, -0.25) is 4.79 Å². The van der Waals surface area contributed by atoms with Crippen molar-refractivity contribution in [2.45, 2.75) is 24.9 Å². The summed E-state index contributed by atoms with van der Waals surface area (Å²) in [4.78, 5) is 10.5. The zero-order chi connectivity index (χ0) is 7.61. The molecule has 54 valence electrons. The van der Waals surface area contributed by atoms with Crippen molar-refractivity contribution >= 4 is 5.78 Å². The van der Waals surface area contributed by atoms with Gasteiger partial charge >= 0.3 is 0 Å². The van der Waals surface area contributed by atoms with E-state index in [9.17, 15) is 13.6 Å². The van der Waals surface area contributed by atoms with Crippen molar-refractivity contribution in [2.24, 2.45) is 0 Å². The van der Waals surface area contributed by atoms with Crippen LogP contribution in [0.3, 0.4) is 0 Å². The molecule has 0 amide bonds. The minimum atomic E-state index is -1.87. The monoisotopic (exact) mass is 144 g/mol. The fraction of sp³-hybridized carbons (Fsp3) is 0.571. The van der Waals surface area contributed by atoms with E-state index in [-0.39, 0.29) is 25.0 Å². The van der Waals surface area contributed by atoms with E-state index in [0.717, 1.165) is 6.17 Å². The van der Waals surface area contributed by atoms with Gasteiger partial charge in [0.05, 0.1) is 6.42 Å². The fourth-order valence-electron chi connectivity index (χ4n) is 1.02. The van der Waals surface area contributed by atoms with E-state index in [4.69, 9.17) is 0 Å². The van der Waals surface area contributed by atoms with Crippen molar-refractivity contribution in [2.75, 3.05) is 0 Å². The molecule has 0 aromatic rings. The first kappa shape index (κ1) is 7.20. The number of rotatable bonds is 0. The van der Waals surface area contributed by atoms with Gasteiger partial charge in [0.2, 0.25) is 0 Å². The van der Waals surface area contributed by atoms with Crippen molar-refractivity contribution in [3.63, 3.8) is 0 Å². The van der Waals surface area contributed by atoms with Crippen LogP contribution in [0.2, 0.25) is 0 Å². The lowest BCUT2D eigenvalue weighted by atomic mass is 10.1. The lowest BCUT2D eigenvalue weighted by Gasteiger charge is -2.06. The van der Waals surface area contributed by atoms with E-state index in [1.165, 1.54) is 0 Å². The van der Waals surface area contributed by atoms with E-state index >= 15 is 0 Å². The Bertz CT molecular complexity index is 213. The number of carbonyl (C=O) groups is 1. The van der Waals surface area contributed by atoms with Gasteiger partial charge in [-0.2, -0.15) is 0 Å². The highest BCUT2D eigenvalue weighted by atomic mass is 19.1. The molecular formula is C7H6F2O. The average Bonchev–Trinajstić information content (AvgIpc) is 2.12. The van der Waals surface area contributed by atoms with E-state index in [1.807, 2.05) is 0 Å². The van der Waals surface area contributed by atoms with E-state index in [1.54, 1.807) is 5.92 Å². The minimum Gasteiger partial charge on any atom is -0.300 e. The third kappa shape index (κ3) is 1.32. The molecule has 0 N–H and O–H groups in total. The fourth-order valence-corrected chi connectivity index (χ4v) is 1.02. The van der Waals surface area contributed by atoms with Crippen LogP contribution in [0.1, 0.15) is 19.3 Å². The van der Waals surface area contributed by atoms with Crippen LogP contribution in [-0.4, -0.2) is 11.5 Å². The van der Waals surface area contributed by atoms with Crippen LogP contribution < -0.4 is 0 Å². The average molecular weight is 144 g/mol. The molecule has 1 saturated carbocycles. The van der Waals surface area contributed by atoms with Gasteiger partial charge < -0.3 is 0 Å². The number of halogens is 2. The molecule has 0 aliphatic heterocycles. The third-order valence-electron chi connectivity index (χ3n) is 1.55. The first-order valence-electron chi connectivity index (χ1n) is 3.00. The Morgan fingerprint density at radius 3 is 2.70 bits per heavy atom. The van der Waals surface area contributed by atoms with Crippen LogP contribution in [0.4, 0.5) is 8.78 Å². The molecule has 0 aromatic heterocycles. The summed E-state index contributed by atoms with van der Waals surface area (Å²) >= 11 is 0. The molecular weight excluding hydrogens is 138 g/mol. The lowest BCUT2D eigenvalue weighted by Crippen LogP contribution is -2.14. The van der Waals surface area contributed by atoms with Crippen LogP contribution in [-0.2, 0) is 4.79 Å². The molecule has 0 heterocycles. The van der Waals surface area contributed by atoms with Crippen LogP contribution in [0.15, 0.2) is 0 Å². The maximum atomic E-state index is 12.9. The summed E-state index contributed by atoms with van der Waals surface area (Å²) in [6.45, 7) is 0. The molecule has 1 unspecified atom stereocenters. The van der Waals surface area contributed by atoms with Crippen LogP contribution in [0, 0.1) is 12.1 Å². The summed E-state index contributed by atoms with van der Waals surface area (Å²) in [5.74, 6) is 1.57. The second kappa shape index (κ2) is 2.37. The zero-order valence-electron chi connectivity index (χ0n) is 5.29. The van der Waals surface area contributed by atoms with Gasteiger partial charge in [0.1, 0.15) is 12.0 Å². The normalized spacial score (nSPS) is 31.6. The van der Waals surface area contributed by atoms with Gasteiger partial charge in [-0.1, -0.05) is 0 Å². The molecule has 3 heteroatoms. The summed E-state index contributed by atoms with van der Waals surface area (Å²) in [5, 5.41) is 0. The Hall–Kier alpha value is -0.910. The van der Waals surface area contributed by atoms with Crippen molar-refractivity contribution in [1.82, 2.24) is 0 Å². The smallest absolute Gasteiger partial charge is 0.180 e. The molecule has 0 aromatic carbocycles. The molecule has 10 heavy (non-hydrogen) atoms. The highest BCUT2D eigenvalue weighted by molar-refractivity contribution is 5.82. The number of hydrogen-bond donors (Lipinski definition) is 0. The zero-order valence-corrected chi connectivity index (χ0v) is 5.29. The molecule has 1 fully saturated rings. The molecule has 1 rings (SSSR count). The molecule has 0 spiro atoms. The number of Topliss-reactive ketones (excluding diaryl/α,β-unsaturated/α-hetero) is 1. The van der Waals surface area contributed by atoms with E-state index in [0.29, 0.717) is 0 Å². The Morgan fingerprint density at radius 1 is 1.60 bits per heavy atom. The van der Waals surface area contributed by atoms with Gasteiger partial charge in [0.25, 0.3) is 0 Å². The first-order valence-corrected chi connectivity index (χ1v) is 3.00. The quantitative estimate of drug-likeness (QED) is 0.469. The molecule has 1 aliphatic rings. The largest absolute Gasteiger partial charge is 0.300 e. The van der Waals surface area contributed by atoms with Crippen molar-refractivity contribution in [3.05, 3.63) is 0 Å². The predicted octanol–water partition coefficient (Wildman–Crippen LogP) is 1.38. The van der Waals surface area contributed by atoms with E-state index in [2.05, 4.69) is 0 Å². The molecule has 1 nitrogen and oxygen atoms in total. The summed E-state index contributed by atoms with van der Waals surface area (Å²) in [6, 6.07) is 0. The minimum absolute atomic E-state index is 0.0444. The first-order chi connectivity index (χ1) is 4.66. The number of hydrogen-bond acceptors (Lipinski definition) is 1. The van der Waals surface area contributed by atoms with Crippen LogP contribution in [0.25, 0.3) is 0 Å². The third-order valence-corrected chi connectivity index (χ3v) is 1.55. The van der Waals surface area contributed by atoms with Crippen molar-refractivity contribution in [3.8, 4) is 12.1 Å². The van der Waals surface area contributed by atoms with Gasteiger partial charge in [-0.05, 0) is 5.92 Å². The Morgan fingerprint density at radius 2 is 2.30 bits per heavy atom. The predicted molar refractivity (Wildman–Crippen MR) is 31.6 cm³/mol. The lowest BCUT2D eigenvalue weighted by molar-refractivity contribution is -0.117. The maximum Gasteiger partial charge on any atom is 0.180 e. The van der Waals surface area contributed by atoms with Crippen molar-refractivity contribution < 1.29 is 13.6 Å². The summed E-state index contributed by atoms with van der Waals surface area (Å²) in [6.07, 6.45) is 0.977. The molecule has 0 bridgehead atoms. The Labute approximate surface area is 57.4 Å². The van der Waals surface area contributed by atoms with Gasteiger partial charge in [0, 0.05) is 12.8 Å². The summed E-state index contributed by atoms with van der Waals surface area (Å²) in [5.41, 5.74) is -1.87. The SMILES string of the molecule is O=C1CCC(F)(C#CF)C1. The standard InChI is InChI=1S/C7H6F2O/c8-4-3-7(9)2-1-6(10)5-7/h1-2,5H2. The highest BCUT2D eigenvalue weighted by Gasteiger charge is 2.37. The maximum absolute atomic E-state index is 12.9. The molecule has 1 atom stereocenters. The topological polar surface area (TPSA) is 17.1 Å². The molecule has 0 saturated heterocycles. The van der Waals surface area contributed by atoms with Crippen molar-refractivity contribution in [1.29, 1.82) is 0 Å². The number of ketones is 1.